The van der Waals surface area contributed by atoms with Gasteiger partial charge in [0.1, 0.15) is 0 Å². The quantitative estimate of drug-likeness (QED) is 0.809. The van der Waals surface area contributed by atoms with Crippen molar-refractivity contribution in [1.82, 2.24) is 5.32 Å². The molecule has 1 amide bonds. The Hall–Kier alpha value is -1.75. The molecule has 5 heteroatoms. The average molecular weight is 321 g/mol. The maximum Gasteiger partial charge on any atom is 0.224 e. The number of benzene rings is 1. The smallest absolute Gasteiger partial charge is 0.224 e. The molecule has 1 aromatic carbocycles. The van der Waals surface area contributed by atoms with Crippen LogP contribution in [0.15, 0.2) is 18.2 Å². The van der Waals surface area contributed by atoms with Crippen LogP contribution in [0.1, 0.15) is 37.7 Å². The molecule has 23 heavy (non-hydrogen) atoms. The van der Waals surface area contributed by atoms with Crippen molar-refractivity contribution in [2.75, 3.05) is 27.4 Å². The van der Waals surface area contributed by atoms with Crippen LogP contribution in [0.5, 0.6) is 11.5 Å². The zero-order chi connectivity index (χ0) is 16.7. The molecule has 0 atom stereocenters. The Balaban J connectivity index is 1.91. The van der Waals surface area contributed by atoms with Crippen LogP contribution in [0.25, 0.3) is 0 Å². The molecule has 0 radical (unpaired) electrons. The van der Waals surface area contributed by atoms with Crippen LogP contribution in [0.3, 0.4) is 0 Å². The van der Waals surface area contributed by atoms with E-state index < -0.39 is 0 Å². The van der Waals surface area contributed by atoms with Gasteiger partial charge in [0.2, 0.25) is 5.91 Å². The first-order chi connectivity index (χ1) is 11.1. The summed E-state index contributed by atoms with van der Waals surface area (Å²) in [6, 6.07) is 5.49. The Morgan fingerprint density at radius 3 is 2.48 bits per heavy atom. The second-order valence-corrected chi connectivity index (χ2v) is 6.36. The predicted octanol–water partition coefficient (Wildman–Crippen LogP) is 2.31. The molecule has 0 heterocycles. The van der Waals surface area contributed by atoms with Crippen LogP contribution in [-0.4, -0.2) is 38.4 Å². The maximum absolute atomic E-state index is 12.2. The van der Waals surface area contributed by atoms with Crippen LogP contribution in [0, 0.1) is 5.41 Å². The van der Waals surface area contributed by atoms with Crippen molar-refractivity contribution >= 4 is 5.91 Å². The number of rotatable bonds is 7. The summed E-state index contributed by atoms with van der Waals surface area (Å²) in [5, 5.41) is 12.7. The van der Waals surface area contributed by atoms with Crippen molar-refractivity contribution in [3.05, 3.63) is 23.8 Å². The topological polar surface area (TPSA) is 67.8 Å². The molecule has 1 aliphatic rings. The third-order valence-corrected chi connectivity index (χ3v) is 4.72. The van der Waals surface area contributed by atoms with E-state index in [1.165, 1.54) is 6.42 Å². The number of ether oxygens (including phenoxy) is 2. The number of carbonyl (C=O) groups excluding carboxylic acids is 1. The fourth-order valence-electron chi connectivity index (χ4n) is 3.22. The lowest BCUT2D eigenvalue weighted by Crippen LogP contribution is -2.41. The van der Waals surface area contributed by atoms with Crippen molar-refractivity contribution in [3.8, 4) is 11.5 Å². The summed E-state index contributed by atoms with van der Waals surface area (Å²) in [6.45, 7) is 0.694. The third-order valence-electron chi connectivity index (χ3n) is 4.72. The predicted molar refractivity (Wildman–Crippen MR) is 88.9 cm³/mol. The molecule has 0 aliphatic heterocycles. The molecule has 128 valence electrons. The Labute approximate surface area is 138 Å². The molecular weight excluding hydrogens is 294 g/mol. The minimum Gasteiger partial charge on any atom is -0.493 e. The molecule has 0 unspecified atom stereocenters. The maximum atomic E-state index is 12.2. The molecular formula is C18H27NO4. The Morgan fingerprint density at radius 1 is 1.17 bits per heavy atom. The summed E-state index contributed by atoms with van der Waals surface area (Å²) < 4.78 is 10.5. The van der Waals surface area contributed by atoms with Crippen molar-refractivity contribution < 1.29 is 19.4 Å². The van der Waals surface area contributed by atoms with Gasteiger partial charge >= 0.3 is 0 Å². The summed E-state index contributed by atoms with van der Waals surface area (Å²) >= 11 is 0. The van der Waals surface area contributed by atoms with E-state index in [0.29, 0.717) is 24.5 Å². The first kappa shape index (κ1) is 17.6. The number of amides is 1. The van der Waals surface area contributed by atoms with Gasteiger partial charge in [0.05, 0.1) is 27.2 Å². The van der Waals surface area contributed by atoms with Crippen LogP contribution in [0.4, 0.5) is 0 Å². The van der Waals surface area contributed by atoms with E-state index in [-0.39, 0.29) is 17.9 Å². The van der Waals surface area contributed by atoms with E-state index in [9.17, 15) is 9.90 Å². The van der Waals surface area contributed by atoms with Gasteiger partial charge in [-0.15, -0.1) is 0 Å². The number of methoxy groups -OCH3 is 2. The largest absolute Gasteiger partial charge is 0.493 e. The molecule has 1 fully saturated rings. The lowest BCUT2D eigenvalue weighted by Gasteiger charge is -2.35. The summed E-state index contributed by atoms with van der Waals surface area (Å²) in [6.07, 6.45) is 5.75. The highest BCUT2D eigenvalue weighted by Crippen LogP contribution is 2.35. The molecule has 5 nitrogen and oxygen atoms in total. The van der Waals surface area contributed by atoms with E-state index in [0.717, 1.165) is 31.2 Å². The van der Waals surface area contributed by atoms with E-state index in [4.69, 9.17) is 9.47 Å². The lowest BCUT2D eigenvalue weighted by molar-refractivity contribution is -0.121. The van der Waals surface area contributed by atoms with Crippen LogP contribution in [0.2, 0.25) is 0 Å². The van der Waals surface area contributed by atoms with Crippen LogP contribution >= 0.6 is 0 Å². The highest BCUT2D eigenvalue weighted by atomic mass is 16.5. The molecule has 2 N–H and O–H groups in total. The monoisotopic (exact) mass is 321 g/mol. The Morgan fingerprint density at radius 2 is 1.87 bits per heavy atom. The van der Waals surface area contributed by atoms with Gasteiger partial charge in [-0.25, -0.2) is 0 Å². The summed E-state index contributed by atoms with van der Waals surface area (Å²) in [7, 11) is 3.17. The van der Waals surface area contributed by atoms with Gasteiger partial charge in [-0.1, -0.05) is 25.3 Å². The third kappa shape index (κ3) is 4.61. The minimum atomic E-state index is -0.133. The number of nitrogens with one attached hydrogen (secondary N) is 1. The average Bonchev–Trinajstić information content (AvgIpc) is 2.60. The zero-order valence-electron chi connectivity index (χ0n) is 14.1. The van der Waals surface area contributed by atoms with E-state index in [1.807, 2.05) is 12.1 Å². The fraction of sp³-hybridized carbons (Fsp3) is 0.611. The van der Waals surface area contributed by atoms with Crippen molar-refractivity contribution in [1.29, 1.82) is 0 Å². The van der Waals surface area contributed by atoms with Crippen molar-refractivity contribution in [2.45, 2.75) is 38.5 Å². The first-order valence-electron chi connectivity index (χ1n) is 8.21. The van der Waals surface area contributed by atoms with Gasteiger partial charge in [0, 0.05) is 12.0 Å². The Bertz CT molecular complexity index is 524. The lowest BCUT2D eigenvalue weighted by atomic mass is 9.74. The number of carbonyl (C=O) groups is 1. The molecule has 1 aliphatic carbocycles. The first-order valence-corrected chi connectivity index (χ1v) is 8.21. The van der Waals surface area contributed by atoms with E-state index in [2.05, 4.69) is 5.32 Å². The second-order valence-electron chi connectivity index (χ2n) is 6.36. The molecule has 0 spiro atoms. The molecule has 0 aromatic heterocycles. The summed E-state index contributed by atoms with van der Waals surface area (Å²) in [5.74, 6) is 1.24. The molecule has 0 bridgehead atoms. The van der Waals surface area contributed by atoms with Gasteiger partial charge in [0.15, 0.2) is 11.5 Å². The molecule has 1 saturated carbocycles. The Kier molecular flexibility index (Phi) is 6.28. The van der Waals surface area contributed by atoms with Crippen molar-refractivity contribution in [3.63, 3.8) is 0 Å². The van der Waals surface area contributed by atoms with Gasteiger partial charge in [0.25, 0.3) is 0 Å². The minimum absolute atomic E-state index is 0.0318. The van der Waals surface area contributed by atoms with Crippen LogP contribution in [-0.2, 0) is 11.2 Å². The van der Waals surface area contributed by atoms with Crippen LogP contribution < -0.4 is 14.8 Å². The van der Waals surface area contributed by atoms with Gasteiger partial charge < -0.3 is 19.9 Å². The molecule has 0 saturated heterocycles. The van der Waals surface area contributed by atoms with Gasteiger partial charge in [-0.05, 0) is 30.5 Å². The number of hydrogen-bond acceptors (Lipinski definition) is 4. The van der Waals surface area contributed by atoms with Gasteiger partial charge in [-0.3, -0.25) is 4.79 Å². The zero-order valence-corrected chi connectivity index (χ0v) is 14.1. The highest BCUT2D eigenvalue weighted by Gasteiger charge is 2.31. The molecule has 2 rings (SSSR count). The summed E-state index contributed by atoms with van der Waals surface area (Å²) in [5.41, 5.74) is 0.743. The standard InChI is InChI=1S/C18H27NO4/c1-22-15-7-6-14(10-16(15)23-2)11-17(21)19-12-18(13-20)8-4-3-5-9-18/h6-7,10,20H,3-5,8-9,11-13H2,1-2H3,(H,19,21). The second kappa shape index (κ2) is 8.20. The number of aliphatic hydroxyl groups is 1. The van der Waals surface area contributed by atoms with E-state index in [1.54, 1.807) is 20.3 Å². The van der Waals surface area contributed by atoms with Crippen molar-refractivity contribution in [2.24, 2.45) is 5.41 Å². The highest BCUT2D eigenvalue weighted by molar-refractivity contribution is 5.78. The fourth-order valence-corrected chi connectivity index (χ4v) is 3.22. The number of aliphatic hydroxyl groups excluding tert-OH is 1. The van der Waals surface area contributed by atoms with Gasteiger partial charge in [-0.2, -0.15) is 0 Å². The molecule has 1 aromatic rings. The summed E-state index contributed by atoms with van der Waals surface area (Å²) in [4.78, 5) is 12.2. The normalized spacial score (nSPS) is 16.7. The number of hydrogen-bond donors (Lipinski definition) is 2. The SMILES string of the molecule is COc1ccc(CC(=O)NCC2(CO)CCCCC2)cc1OC. The van der Waals surface area contributed by atoms with E-state index >= 15 is 0 Å².